The minimum absolute atomic E-state index is 0.115. The van der Waals surface area contributed by atoms with E-state index >= 15 is 0 Å². The Balaban J connectivity index is 1.52. The average molecular weight is 447 g/mol. The van der Waals surface area contributed by atoms with Crippen molar-refractivity contribution < 1.29 is 9.18 Å². The molecule has 2 aromatic heterocycles. The van der Waals surface area contributed by atoms with Crippen LogP contribution in [0.5, 0.6) is 0 Å². The molecule has 0 bridgehead atoms. The van der Waals surface area contributed by atoms with Crippen LogP contribution in [-0.2, 0) is 17.9 Å². The molecule has 1 fully saturated rings. The molecule has 1 aliphatic carbocycles. The van der Waals surface area contributed by atoms with Gasteiger partial charge in [-0.25, -0.2) is 9.07 Å². The van der Waals surface area contributed by atoms with E-state index in [1.165, 1.54) is 23.2 Å². The Morgan fingerprint density at radius 3 is 2.64 bits per heavy atom. The number of benzene rings is 2. The highest BCUT2D eigenvalue weighted by molar-refractivity contribution is 6.07. The van der Waals surface area contributed by atoms with E-state index in [1.54, 1.807) is 18.3 Å². The fraction of sp³-hybridized carbons (Fsp3) is 0.346. The fourth-order valence-electron chi connectivity index (χ4n) is 4.96. The van der Waals surface area contributed by atoms with Gasteiger partial charge in [0.25, 0.3) is 5.56 Å². The van der Waals surface area contributed by atoms with Gasteiger partial charge in [0.2, 0.25) is 5.91 Å². The van der Waals surface area contributed by atoms with Gasteiger partial charge in [-0.05, 0) is 42.5 Å². The number of carbonyl (C=O) groups excluding carboxylic acids is 1. The van der Waals surface area contributed by atoms with Crippen LogP contribution in [-0.4, -0.2) is 26.3 Å². The van der Waals surface area contributed by atoms with Crippen molar-refractivity contribution in [1.82, 2.24) is 19.7 Å². The van der Waals surface area contributed by atoms with Crippen molar-refractivity contribution in [3.8, 4) is 0 Å². The molecule has 2 heterocycles. The molecule has 7 heteroatoms. The molecular formula is C26H27FN4O2. The first-order valence-electron chi connectivity index (χ1n) is 11.5. The Bertz CT molecular complexity index is 1370. The molecule has 0 aliphatic heterocycles. The lowest BCUT2D eigenvalue weighted by Crippen LogP contribution is -2.43. The van der Waals surface area contributed by atoms with E-state index in [2.05, 4.69) is 17.3 Å². The predicted octanol–water partition coefficient (Wildman–Crippen LogP) is 4.23. The lowest BCUT2D eigenvalue weighted by molar-refractivity contribution is -0.123. The second-order valence-electron chi connectivity index (χ2n) is 9.04. The summed E-state index contributed by atoms with van der Waals surface area (Å²) in [6, 6.07) is 14.2. The second-order valence-corrected chi connectivity index (χ2v) is 9.04. The maximum Gasteiger partial charge on any atom is 0.291 e. The molecule has 1 aliphatic rings. The molecule has 0 saturated heterocycles. The summed E-state index contributed by atoms with van der Waals surface area (Å²) < 4.78 is 16.6. The van der Waals surface area contributed by atoms with Gasteiger partial charge < -0.3 is 9.88 Å². The Hall–Kier alpha value is -3.48. The largest absolute Gasteiger partial charge is 0.351 e. The molecule has 6 nitrogen and oxygen atoms in total. The number of amides is 1. The third kappa shape index (κ3) is 4.15. The summed E-state index contributed by atoms with van der Waals surface area (Å²) in [6.07, 6.45) is 6.06. The molecule has 33 heavy (non-hydrogen) atoms. The minimum Gasteiger partial charge on any atom is -0.351 e. The smallest absolute Gasteiger partial charge is 0.291 e. The van der Waals surface area contributed by atoms with Crippen molar-refractivity contribution in [1.29, 1.82) is 0 Å². The number of hydrogen-bond acceptors (Lipinski definition) is 3. The third-order valence-electron chi connectivity index (χ3n) is 6.78. The number of nitrogens with one attached hydrogen (secondary N) is 1. The lowest BCUT2D eigenvalue weighted by atomic mass is 9.86. The second kappa shape index (κ2) is 8.81. The highest BCUT2D eigenvalue weighted by Crippen LogP contribution is 2.27. The summed E-state index contributed by atoms with van der Waals surface area (Å²) in [7, 11) is 0. The number of nitrogens with zero attached hydrogens (tertiary/aromatic N) is 3. The molecule has 170 valence electrons. The van der Waals surface area contributed by atoms with E-state index in [1.807, 2.05) is 28.8 Å². The first kappa shape index (κ1) is 21.4. The van der Waals surface area contributed by atoms with Crippen molar-refractivity contribution in [2.24, 2.45) is 5.92 Å². The fourth-order valence-corrected chi connectivity index (χ4v) is 4.96. The van der Waals surface area contributed by atoms with E-state index < -0.39 is 0 Å². The van der Waals surface area contributed by atoms with E-state index in [-0.39, 0.29) is 29.9 Å². The molecule has 2 atom stereocenters. The highest BCUT2D eigenvalue weighted by atomic mass is 19.1. The van der Waals surface area contributed by atoms with Gasteiger partial charge >= 0.3 is 0 Å². The summed E-state index contributed by atoms with van der Waals surface area (Å²) in [5, 5.41) is 9.09. The number of halogens is 1. The normalized spacial score (nSPS) is 18.6. The third-order valence-corrected chi connectivity index (χ3v) is 6.78. The monoisotopic (exact) mass is 446 g/mol. The predicted molar refractivity (Wildman–Crippen MR) is 127 cm³/mol. The van der Waals surface area contributed by atoms with Crippen LogP contribution in [0.15, 0.2) is 59.5 Å². The van der Waals surface area contributed by atoms with Crippen LogP contribution in [0.4, 0.5) is 4.39 Å². The molecule has 0 unspecified atom stereocenters. The van der Waals surface area contributed by atoms with E-state index in [0.717, 1.165) is 41.1 Å². The maximum absolute atomic E-state index is 13.5. The summed E-state index contributed by atoms with van der Waals surface area (Å²) in [5.41, 5.74) is 1.96. The zero-order chi connectivity index (χ0) is 22.9. The number of carbonyl (C=O) groups is 1. The zero-order valence-electron chi connectivity index (χ0n) is 18.6. The minimum atomic E-state index is -0.308. The Morgan fingerprint density at radius 1 is 1.09 bits per heavy atom. The summed E-state index contributed by atoms with van der Waals surface area (Å²) >= 11 is 0. The molecule has 5 rings (SSSR count). The number of para-hydroxylation sites is 1. The summed E-state index contributed by atoms with van der Waals surface area (Å²) in [5.74, 6) is -0.0529. The number of rotatable bonds is 5. The maximum atomic E-state index is 13.5. The average Bonchev–Trinajstić information content (AvgIpc) is 3.13. The molecule has 1 amide bonds. The zero-order valence-corrected chi connectivity index (χ0v) is 18.6. The molecule has 4 aromatic rings. The lowest BCUT2D eigenvalue weighted by Gasteiger charge is -2.29. The Morgan fingerprint density at radius 2 is 1.85 bits per heavy atom. The number of hydrogen-bond donors (Lipinski definition) is 1. The molecule has 1 saturated carbocycles. The molecular weight excluding hydrogens is 419 g/mol. The summed E-state index contributed by atoms with van der Waals surface area (Å²) in [4.78, 5) is 26.2. The van der Waals surface area contributed by atoms with Gasteiger partial charge in [0, 0.05) is 28.9 Å². The van der Waals surface area contributed by atoms with Gasteiger partial charge in [-0.1, -0.05) is 50.1 Å². The van der Waals surface area contributed by atoms with Crippen molar-refractivity contribution in [2.45, 2.75) is 51.7 Å². The van der Waals surface area contributed by atoms with E-state index in [4.69, 9.17) is 0 Å². The summed E-state index contributed by atoms with van der Waals surface area (Å²) in [6.45, 7) is 2.46. The Labute approximate surface area is 191 Å². The van der Waals surface area contributed by atoms with Gasteiger partial charge in [-0.15, -0.1) is 0 Å². The van der Waals surface area contributed by atoms with Crippen molar-refractivity contribution in [3.63, 3.8) is 0 Å². The van der Waals surface area contributed by atoms with Crippen molar-refractivity contribution >= 4 is 27.7 Å². The van der Waals surface area contributed by atoms with E-state index in [0.29, 0.717) is 18.0 Å². The van der Waals surface area contributed by atoms with Gasteiger partial charge in [-0.2, -0.15) is 5.10 Å². The van der Waals surface area contributed by atoms with Crippen LogP contribution in [0.25, 0.3) is 21.8 Å². The van der Waals surface area contributed by atoms with Gasteiger partial charge in [-0.3, -0.25) is 9.59 Å². The first-order chi connectivity index (χ1) is 16.0. The standard InChI is InChI=1S/C26H27FN4O2/c1-17-6-2-4-8-22(17)29-24(32)16-31-26(33)25-21(14-28-31)20-7-3-5-9-23(20)30(25)15-18-10-12-19(27)13-11-18/h3,5,7,9-14,17,22H,2,4,6,8,15-16H2,1H3,(H,29,32)/t17-,22-/m1/s1. The van der Waals surface area contributed by atoms with Crippen LogP contribution >= 0.6 is 0 Å². The number of fused-ring (bicyclic) bond motifs is 3. The van der Waals surface area contributed by atoms with Crippen LogP contribution < -0.4 is 10.9 Å². The van der Waals surface area contributed by atoms with Crippen LogP contribution in [0, 0.1) is 11.7 Å². The first-order valence-corrected chi connectivity index (χ1v) is 11.5. The quantitative estimate of drug-likeness (QED) is 0.499. The molecule has 0 spiro atoms. The molecule has 0 radical (unpaired) electrons. The van der Waals surface area contributed by atoms with Crippen molar-refractivity contribution in [2.75, 3.05) is 0 Å². The van der Waals surface area contributed by atoms with Crippen molar-refractivity contribution in [3.05, 3.63) is 76.5 Å². The highest BCUT2D eigenvalue weighted by Gasteiger charge is 2.23. The topological polar surface area (TPSA) is 68.9 Å². The molecule has 1 N–H and O–H groups in total. The SMILES string of the molecule is C[C@@H]1CCCC[C@H]1NC(=O)Cn1ncc2c3ccccc3n(Cc3ccc(F)cc3)c2c1=O. The Kier molecular flexibility index (Phi) is 5.70. The van der Waals surface area contributed by atoms with Gasteiger partial charge in [0.05, 0.1) is 6.20 Å². The number of aromatic nitrogens is 3. The van der Waals surface area contributed by atoms with E-state index in [9.17, 15) is 14.0 Å². The van der Waals surface area contributed by atoms with Gasteiger partial charge in [0.1, 0.15) is 17.9 Å². The van der Waals surface area contributed by atoms with Crippen LogP contribution in [0.1, 0.15) is 38.2 Å². The van der Waals surface area contributed by atoms with Crippen LogP contribution in [0.3, 0.4) is 0 Å². The van der Waals surface area contributed by atoms with Gasteiger partial charge in [0.15, 0.2) is 0 Å². The van der Waals surface area contributed by atoms with Crippen LogP contribution in [0.2, 0.25) is 0 Å². The molecule has 2 aromatic carbocycles.